The Morgan fingerprint density at radius 1 is 1.32 bits per heavy atom. The minimum absolute atomic E-state index is 0.0859. The number of nitrogen functional groups attached to an aromatic ring is 1. The summed E-state index contributed by atoms with van der Waals surface area (Å²) in [5, 5.41) is 2.90. The van der Waals surface area contributed by atoms with Crippen molar-refractivity contribution in [1.82, 2.24) is 0 Å². The number of carbonyl (C=O) groups excluding carboxylic acids is 1. The fraction of sp³-hybridized carbons (Fsp3) is 0.533. The van der Waals surface area contributed by atoms with Gasteiger partial charge in [-0.3, -0.25) is 4.79 Å². The van der Waals surface area contributed by atoms with Gasteiger partial charge in [0.05, 0.1) is 11.4 Å². The van der Waals surface area contributed by atoms with Crippen molar-refractivity contribution in [3.05, 3.63) is 17.7 Å². The molecule has 1 aromatic rings. The molecular formula is C15H21N3O. The summed E-state index contributed by atoms with van der Waals surface area (Å²) in [7, 11) is 0. The molecule has 1 aromatic carbocycles. The van der Waals surface area contributed by atoms with Crippen LogP contribution in [0.4, 0.5) is 17.1 Å². The molecule has 3 N–H and O–H groups in total. The van der Waals surface area contributed by atoms with Crippen LogP contribution >= 0.6 is 0 Å². The molecule has 2 unspecified atom stereocenters. The summed E-state index contributed by atoms with van der Waals surface area (Å²) in [5.41, 5.74) is 10.2. The third-order valence-electron chi connectivity index (χ3n) is 4.24. The Balaban J connectivity index is 1.97. The average Bonchev–Trinajstić information content (AvgIpc) is 2.67. The number of hydrogen-bond donors (Lipinski definition) is 2. The van der Waals surface area contributed by atoms with Crippen molar-refractivity contribution in [2.45, 2.75) is 39.2 Å². The highest BCUT2D eigenvalue weighted by molar-refractivity contribution is 5.95. The second kappa shape index (κ2) is 4.44. The van der Waals surface area contributed by atoms with Crippen LogP contribution in [-0.4, -0.2) is 18.5 Å². The summed E-state index contributed by atoms with van der Waals surface area (Å²) in [6.07, 6.45) is 2.60. The molecule has 2 aliphatic heterocycles. The fourth-order valence-electron chi connectivity index (χ4n) is 3.32. The number of nitrogens with one attached hydrogen (secondary N) is 1. The Morgan fingerprint density at radius 2 is 2.11 bits per heavy atom. The predicted octanol–water partition coefficient (Wildman–Crippen LogP) is 2.39. The molecule has 0 aromatic heterocycles. The van der Waals surface area contributed by atoms with E-state index in [2.05, 4.69) is 30.1 Å². The summed E-state index contributed by atoms with van der Waals surface area (Å²) >= 11 is 0. The number of nitrogens with zero attached hydrogens (tertiary/aromatic N) is 1. The zero-order valence-corrected chi connectivity index (χ0v) is 11.6. The molecule has 3 rings (SSSR count). The minimum atomic E-state index is 0.0859. The van der Waals surface area contributed by atoms with Gasteiger partial charge in [0.1, 0.15) is 0 Å². The third-order valence-corrected chi connectivity index (χ3v) is 4.24. The van der Waals surface area contributed by atoms with Gasteiger partial charge in [0.2, 0.25) is 5.91 Å². The Morgan fingerprint density at radius 3 is 2.79 bits per heavy atom. The maximum absolute atomic E-state index is 11.4. The van der Waals surface area contributed by atoms with E-state index in [9.17, 15) is 4.79 Å². The molecule has 4 heteroatoms. The maximum atomic E-state index is 11.4. The number of hydrogen-bond acceptors (Lipinski definition) is 3. The second-order valence-corrected chi connectivity index (χ2v) is 5.96. The van der Waals surface area contributed by atoms with E-state index >= 15 is 0 Å². The molecule has 0 radical (unpaired) electrons. The predicted molar refractivity (Wildman–Crippen MR) is 78.4 cm³/mol. The van der Waals surface area contributed by atoms with E-state index in [1.807, 2.05) is 6.07 Å². The van der Waals surface area contributed by atoms with Gasteiger partial charge in [-0.25, -0.2) is 0 Å². The SMILES string of the molecule is CC1CC(C)N(c2cc3c(cc2N)NC(=O)CC3)C1. The summed E-state index contributed by atoms with van der Waals surface area (Å²) in [6.45, 7) is 5.60. The highest BCUT2D eigenvalue weighted by atomic mass is 16.1. The smallest absolute Gasteiger partial charge is 0.224 e. The van der Waals surface area contributed by atoms with Gasteiger partial charge in [0, 0.05) is 24.7 Å². The highest BCUT2D eigenvalue weighted by Gasteiger charge is 2.28. The Labute approximate surface area is 114 Å². The van der Waals surface area contributed by atoms with Crippen LogP contribution in [0.3, 0.4) is 0 Å². The van der Waals surface area contributed by atoms with Crippen molar-refractivity contribution < 1.29 is 4.79 Å². The van der Waals surface area contributed by atoms with Crippen LogP contribution in [0.5, 0.6) is 0 Å². The van der Waals surface area contributed by atoms with Crippen LogP contribution in [0.1, 0.15) is 32.3 Å². The van der Waals surface area contributed by atoms with Crippen molar-refractivity contribution in [3.63, 3.8) is 0 Å². The van der Waals surface area contributed by atoms with Crippen molar-refractivity contribution in [1.29, 1.82) is 0 Å². The second-order valence-electron chi connectivity index (χ2n) is 5.96. The first-order valence-corrected chi connectivity index (χ1v) is 7.03. The summed E-state index contributed by atoms with van der Waals surface area (Å²) in [4.78, 5) is 13.8. The zero-order chi connectivity index (χ0) is 13.6. The molecule has 102 valence electrons. The largest absolute Gasteiger partial charge is 0.397 e. The number of carbonyl (C=O) groups is 1. The first kappa shape index (κ1) is 12.3. The number of aryl methyl sites for hydroxylation is 1. The summed E-state index contributed by atoms with van der Waals surface area (Å²) in [5.74, 6) is 0.799. The number of rotatable bonds is 1. The first-order valence-electron chi connectivity index (χ1n) is 7.03. The molecule has 1 fully saturated rings. The van der Waals surface area contributed by atoms with Crippen LogP contribution in [0.15, 0.2) is 12.1 Å². The quantitative estimate of drug-likeness (QED) is 0.761. The number of anilines is 3. The van der Waals surface area contributed by atoms with Crippen LogP contribution < -0.4 is 16.0 Å². The van der Waals surface area contributed by atoms with Crippen molar-refractivity contribution in [3.8, 4) is 0 Å². The normalized spacial score (nSPS) is 26.2. The molecule has 4 nitrogen and oxygen atoms in total. The summed E-state index contributed by atoms with van der Waals surface area (Å²) < 4.78 is 0. The number of fused-ring (bicyclic) bond motifs is 1. The first-order chi connectivity index (χ1) is 9.04. The minimum Gasteiger partial charge on any atom is -0.397 e. The van der Waals surface area contributed by atoms with Gasteiger partial charge in [-0.2, -0.15) is 0 Å². The van der Waals surface area contributed by atoms with E-state index in [1.54, 1.807) is 0 Å². The number of nitrogens with two attached hydrogens (primary N) is 1. The van der Waals surface area contributed by atoms with Gasteiger partial charge in [-0.1, -0.05) is 6.92 Å². The Hall–Kier alpha value is -1.71. The topological polar surface area (TPSA) is 58.4 Å². The molecule has 1 amide bonds. The maximum Gasteiger partial charge on any atom is 0.224 e. The van der Waals surface area contributed by atoms with Gasteiger partial charge in [0.15, 0.2) is 0 Å². The van der Waals surface area contributed by atoms with Gasteiger partial charge >= 0.3 is 0 Å². The van der Waals surface area contributed by atoms with E-state index in [1.165, 1.54) is 12.0 Å². The van der Waals surface area contributed by atoms with E-state index in [-0.39, 0.29) is 5.91 Å². The van der Waals surface area contributed by atoms with Gasteiger partial charge in [-0.05, 0) is 43.4 Å². The van der Waals surface area contributed by atoms with Crippen molar-refractivity contribution >= 4 is 23.0 Å². The highest BCUT2D eigenvalue weighted by Crippen LogP contribution is 2.37. The van der Waals surface area contributed by atoms with Gasteiger partial charge in [-0.15, -0.1) is 0 Å². The fourth-order valence-corrected chi connectivity index (χ4v) is 3.32. The van der Waals surface area contributed by atoms with Gasteiger partial charge in [0.25, 0.3) is 0 Å². The Bertz CT molecular complexity index is 526. The number of amides is 1. The lowest BCUT2D eigenvalue weighted by atomic mass is 10.0. The van der Waals surface area contributed by atoms with Gasteiger partial charge < -0.3 is 16.0 Å². The van der Waals surface area contributed by atoms with Crippen LogP contribution in [-0.2, 0) is 11.2 Å². The monoisotopic (exact) mass is 259 g/mol. The molecule has 19 heavy (non-hydrogen) atoms. The molecule has 0 saturated carbocycles. The lowest BCUT2D eigenvalue weighted by Crippen LogP contribution is -2.28. The van der Waals surface area contributed by atoms with Crippen LogP contribution in [0.2, 0.25) is 0 Å². The lowest BCUT2D eigenvalue weighted by Gasteiger charge is -2.28. The summed E-state index contributed by atoms with van der Waals surface area (Å²) in [6, 6.07) is 4.62. The molecule has 1 saturated heterocycles. The van der Waals surface area contributed by atoms with Crippen LogP contribution in [0.25, 0.3) is 0 Å². The van der Waals surface area contributed by atoms with Crippen molar-refractivity contribution in [2.75, 3.05) is 22.5 Å². The van der Waals surface area contributed by atoms with Crippen molar-refractivity contribution in [2.24, 2.45) is 5.92 Å². The Kier molecular flexibility index (Phi) is 2.88. The van der Waals surface area contributed by atoms with E-state index in [4.69, 9.17) is 5.73 Å². The molecular weight excluding hydrogens is 238 g/mol. The molecule has 2 heterocycles. The molecule has 2 aliphatic rings. The van der Waals surface area contributed by atoms with E-state index in [0.717, 1.165) is 30.0 Å². The average molecular weight is 259 g/mol. The third kappa shape index (κ3) is 2.15. The lowest BCUT2D eigenvalue weighted by molar-refractivity contribution is -0.116. The van der Waals surface area contributed by atoms with Crippen LogP contribution in [0, 0.1) is 5.92 Å². The standard InChI is InChI=1S/C15H21N3O/c1-9-5-10(2)18(8-9)14-6-11-3-4-15(19)17-13(11)7-12(14)16/h6-7,9-10H,3-5,8,16H2,1-2H3,(H,17,19). The molecule has 0 spiro atoms. The number of benzene rings is 1. The zero-order valence-electron chi connectivity index (χ0n) is 11.6. The van der Waals surface area contributed by atoms with E-state index < -0.39 is 0 Å². The molecule has 0 aliphatic carbocycles. The van der Waals surface area contributed by atoms with E-state index in [0.29, 0.717) is 18.4 Å². The molecule has 0 bridgehead atoms. The molecule has 2 atom stereocenters.